The van der Waals surface area contributed by atoms with E-state index in [4.69, 9.17) is 0 Å². The van der Waals surface area contributed by atoms with Crippen LogP contribution >= 0.6 is 0 Å². The van der Waals surface area contributed by atoms with Gasteiger partial charge in [0.05, 0.1) is 0 Å². The molecule has 0 amide bonds. The van der Waals surface area contributed by atoms with Crippen LogP contribution in [0.5, 0.6) is 0 Å². The zero-order chi connectivity index (χ0) is 62.0. The van der Waals surface area contributed by atoms with Gasteiger partial charge in [-0.1, -0.05) is 302 Å². The average Bonchev–Trinajstić information content (AvgIpc) is 3.46. The molecule has 0 bridgehead atoms. The van der Waals surface area contributed by atoms with Gasteiger partial charge in [-0.15, -0.1) is 0 Å². The van der Waals surface area contributed by atoms with Gasteiger partial charge in [-0.25, -0.2) is 0 Å². The van der Waals surface area contributed by atoms with Crippen LogP contribution in [0.2, 0.25) is 0 Å². The first-order valence-electron chi connectivity index (χ1n) is 31.6. The quantitative estimate of drug-likeness (QED) is 0.113. The zero-order valence-electron chi connectivity index (χ0n) is 58.0. The van der Waals surface area contributed by atoms with E-state index in [2.05, 4.69) is 315 Å². The third-order valence-corrected chi connectivity index (χ3v) is 18.0. The second-order valence-corrected chi connectivity index (χ2v) is 33.8. The van der Waals surface area contributed by atoms with Crippen molar-refractivity contribution in [1.29, 1.82) is 0 Å². The maximum absolute atomic E-state index is 4.27. The summed E-state index contributed by atoms with van der Waals surface area (Å²) < 4.78 is 0. The lowest BCUT2D eigenvalue weighted by Crippen LogP contribution is -2.21. The number of nitrogens with one attached hydrogen (secondary N) is 2. The summed E-state index contributed by atoms with van der Waals surface area (Å²) in [4.78, 5) is 0. The Morgan fingerprint density at radius 1 is 0.244 bits per heavy atom. The van der Waals surface area contributed by atoms with Crippen molar-refractivity contribution in [3.05, 3.63) is 197 Å². The van der Waals surface area contributed by atoms with E-state index >= 15 is 0 Å². The summed E-state index contributed by atoms with van der Waals surface area (Å²) in [5.74, 6) is 0.542. The Morgan fingerprint density at radius 2 is 0.390 bits per heavy atom. The Bertz CT molecular complexity index is 2670. The minimum absolute atomic E-state index is 0.00874. The van der Waals surface area contributed by atoms with Crippen LogP contribution in [0.15, 0.2) is 97.1 Å². The third kappa shape index (κ3) is 15.6. The summed E-state index contributed by atoms with van der Waals surface area (Å²) in [5.41, 5.74) is 27.3. The predicted molar refractivity (Wildman–Crippen MR) is 365 cm³/mol. The average molecular weight is 1110 g/mol. The first-order valence-corrected chi connectivity index (χ1v) is 31.6. The Balaban J connectivity index is 1.58. The van der Waals surface area contributed by atoms with Crippen LogP contribution in [0.4, 0.5) is 11.4 Å². The van der Waals surface area contributed by atoms with Crippen LogP contribution in [0, 0.1) is 13.8 Å². The van der Waals surface area contributed by atoms with Crippen molar-refractivity contribution in [3.8, 4) is 0 Å². The minimum Gasteiger partial charge on any atom is -0.383 e. The summed E-state index contributed by atoms with van der Waals surface area (Å²) in [6.45, 7) is 72.5. The molecule has 2 N–H and O–H groups in total. The number of benzene rings is 6. The van der Waals surface area contributed by atoms with E-state index in [9.17, 15) is 0 Å². The van der Waals surface area contributed by atoms with Crippen molar-refractivity contribution < 1.29 is 0 Å². The van der Waals surface area contributed by atoms with Gasteiger partial charge in [0.15, 0.2) is 0 Å². The molecule has 0 aromatic heterocycles. The normalized spacial score (nSPS) is 14.9. The van der Waals surface area contributed by atoms with E-state index in [1.165, 1.54) is 112 Å². The van der Waals surface area contributed by atoms with Gasteiger partial charge < -0.3 is 10.6 Å². The lowest BCUT2D eigenvalue weighted by molar-refractivity contribution is 0.565. The molecule has 4 atom stereocenters. The second kappa shape index (κ2) is 23.4. The smallest absolute Gasteiger partial charge is 0.0418 e. The molecule has 0 unspecified atom stereocenters. The van der Waals surface area contributed by atoms with Crippen LogP contribution < -0.4 is 10.6 Å². The van der Waals surface area contributed by atoms with Crippen LogP contribution in [0.1, 0.15) is 318 Å². The molecule has 0 radical (unpaired) electrons. The Hall–Kier alpha value is -5.08. The van der Waals surface area contributed by atoms with Crippen molar-refractivity contribution in [3.63, 3.8) is 0 Å². The summed E-state index contributed by atoms with van der Waals surface area (Å²) in [6, 6.07) is 39.8. The van der Waals surface area contributed by atoms with Crippen molar-refractivity contribution in [2.45, 2.75) is 275 Å². The molecular formula is C80H116N2. The number of hydrogen-bond acceptors (Lipinski definition) is 2. The summed E-state index contributed by atoms with van der Waals surface area (Å²) in [5, 5.41) is 8.53. The van der Waals surface area contributed by atoms with Crippen LogP contribution in [-0.4, -0.2) is 13.1 Å². The monoisotopic (exact) mass is 1100 g/mol. The predicted octanol–water partition coefficient (Wildman–Crippen LogP) is 22.8. The largest absolute Gasteiger partial charge is 0.383 e. The highest BCUT2D eigenvalue weighted by atomic mass is 15.0. The molecule has 2 heteroatoms. The van der Waals surface area contributed by atoms with Crippen LogP contribution in [0.3, 0.4) is 0 Å². The fraction of sp³-hybridized carbons (Fsp3) is 0.550. The highest BCUT2D eigenvalue weighted by Crippen LogP contribution is 2.46. The molecule has 446 valence electrons. The highest BCUT2D eigenvalue weighted by molar-refractivity contribution is 5.68. The van der Waals surface area contributed by atoms with Crippen molar-refractivity contribution in [1.82, 2.24) is 0 Å². The number of hydrogen-bond donors (Lipinski definition) is 2. The van der Waals surface area contributed by atoms with Crippen LogP contribution in [0.25, 0.3) is 0 Å². The van der Waals surface area contributed by atoms with Gasteiger partial charge >= 0.3 is 0 Å². The minimum atomic E-state index is 0.00874. The molecule has 0 spiro atoms. The fourth-order valence-electron chi connectivity index (χ4n) is 11.6. The molecule has 0 saturated carbocycles. The molecule has 2 nitrogen and oxygen atoms in total. The van der Waals surface area contributed by atoms with Crippen molar-refractivity contribution >= 4 is 11.4 Å². The molecule has 0 aliphatic rings. The van der Waals surface area contributed by atoms with E-state index in [0.29, 0.717) is 0 Å². The molecule has 0 aliphatic carbocycles. The SMILES string of the molecule is Cc1cc([C@H](C)c2cc(C(C)(C)C)cc(C(C)(C)C)c2)c(NCCNc2c([C@H](C)c3cc(C(C)(C)C)cc(C(C)(C)C)c3)cc(C)cc2[C@H](C)c2cc(C(C)(C)C)cc(C(C)(C)C)c2)c([C@H](C)c2cc(C(C)(C)C)cc(C(C)(C)C)c2)c1. The Kier molecular flexibility index (Phi) is 18.9. The fourth-order valence-corrected chi connectivity index (χ4v) is 11.6. The van der Waals surface area contributed by atoms with Gasteiger partial charge in [-0.3, -0.25) is 0 Å². The number of rotatable bonds is 13. The maximum atomic E-state index is 4.27. The van der Waals surface area contributed by atoms with Gasteiger partial charge in [0.1, 0.15) is 0 Å². The summed E-state index contributed by atoms with van der Waals surface area (Å²) >= 11 is 0. The molecule has 6 rings (SSSR count). The number of anilines is 2. The lowest BCUT2D eigenvalue weighted by atomic mass is 9.76. The Morgan fingerprint density at radius 3 is 0.524 bits per heavy atom. The lowest BCUT2D eigenvalue weighted by Gasteiger charge is -2.31. The second-order valence-electron chi connectivity index (χ2n) is 33.8. The summed E-state index contributed by atoms with van der Waals surface area (Å²) in [6.07, 6.45) is 0. The van der Waals surface area contributed by atoms with Gasteiger partial charge in [-0.05, 0) is 146 Å². The molecule has 0 saturated heterocycles. The molecule has 0 heterocycles. The molecule has 6 aromatic carbocycles. The maximum Gasteiger partial charge on any atom is 0.0418 e. The zero-order valence-corrected chi connectivity index (χ0v) is 58.0. The van der Waals surface area contributed by atoms with Gasteiger partial charge in [0.25, 0.3) is 0 Å². The Labute approximate surface area is 504 Å². The van der Waals surface area contributed by atoms with Gasteiger partial charge in [0, 0.05) is 48.1 Å². The van der Waals surface area contributed by atoms with Gasteiger partial charge in [-0.2, -0.15) is 0 Å². The summed E-state index contributed by atoms with van der Waals surface area (Å²) in [7, 11) is 0. The molecule has 82 heavy (non-hydrogen) atoms. The van der Waals surface area contributed by atoms with Crippen LogP contribution in [-0.2, 0) is 43.3 Å². The topological polar surface area (TPSA) is 24.1 Å². The highest BCUT2D eigenvalue weighted by Gasteiger charge is 2.31. The van der Waals surface area contributed by atoms with E-state index in [-0.39, 0.29) is 67.0 Å². The third-order valence-electron chi connectivity index (χ3n) is 18.0. The van der Waals surface area contributed by atoms with E-state index in [1.807, 2.05) is 0 Å². The van der Waals surface area contributed by atoms with E-state index in [1.54, 1.807) is 0 Å². The van der Waals surface area contributed by atoms with Crippen molar-refractivity contribution in [2.75, 3.05) is 23.7 Å². The van der Waals surface area contributed by atoms with E-state index in [0.717, 1.165) is 13.1 Å². The number of aryl methyl sites for hydroxylation is 2. The molecular weight excluding hydrogens is 989 g/mol. The van der Waals surface area contributed by atoms with Gasteiger partial charge in [0.2, 0.25) is 0 Å². The first-order chi connectivity index (χ1) is 37.2. The molecule has 0 fully saturated rings. The standard InChI is InChI=1S/C80H116N2/c1-49-33-67(51(3)55-37-59(73(7,8)9)45-60(38-55)74(10,11)12)71(68(34-49)52(4)56-39-61(75(13,14)15)46-62(40-56)76(16,17)18)81-31-32-82-72-69(53(5)57-41-63(77(19,20)21)47-64(42-57)78(22,23)24)35-50(2)36-70(72)54(6)58-43-65(79(25,26)27)48-66(44-58)80(28,29)30/h33-48,51-54,81-82H,31-32H2,1-30H3/t51-,52-,53-,54-/m1/s1. The molecule has 6 aromatic rings. The molecule has 0 aliphatic heterocycles. The first kappa shape index (κ1) is 66.1. The van der Waals surface area contributed by atoms with Crippen molar-refractivity contribution in [2.24, 2.45) is 0 Å². The van der Waals surface area contributed by atoms with E-state index < -0.39 is 0 Å².